The number of hydrogen-bond acceptors (Lipinski definition) is 6. The number of hydrogen-bond donors (Lipinski definition) is 2. The van der Waals surface area contributed by atoms with E-state index in [1.54, 1.807) is 49.4 Å². The number of aliphatic imine (C=N–C) groups is 1. The molecule has 2 N–H and O–H groups in total. The van der Waals surface area contributed by atoms with Crippen molar-refractivity contribution in [3.63, 3.8) is 0 Å². The van der Waals surface area contributed by atoms with Crippen LogP contribution in [0.1, 0.15) is 12.5 Å². The second-order valence-electron chi connectivity index (χ2n) is 7.41. The van der Waals surface area contributed by atoms with Crippen molar-refractivity contribution in [1.29, 1.82) is 0 Å². The van der Waals surface area contributed by atoms with Crippen LogP contribution in [-0.4, -0.2) is 34.6 Å². The van der Waals surface area contributed by atoms with Crippen molar-refractivity contribution in [2.24, 2.45) is 4.99 Å². The Hall–Kier alpha value is -4.18. The highest BCUT2D eigenvalue weighted by molar-refractivity contribution is 7.92. The maximum atomic E-state index is 13.4. The van der Waals surface area contributed by atoms with Gasteiger partial charge in [-0.05, 0) is 61.5 Å². The summed E-state index contributed by atoms with van der Waals surface area (Å²) in [6.45, 7) is 1.80. The second kappa shape index (κ2) is 8.40. The van der Waals surface area contributed by atoms with Gasteiger partial charge in [0.2, 0.25) is 15.9 Å². The Labute approximate surface area is 189 Å². The number of nitrogens with one attached hydrogen (secondary N) is 1. The van der Waals surface area contributed by atoms with Gasteiger partial charge < -0.3 is 5.11 Å². The normalized spacial score (nSPS) is 14.5. The molecule has 0 fully saturated rings. The third kappa shape index (κ3) is 4.55. The summed E-state index contributed by atoms with van der Waals surface area (Å²) in [4.78, 5) is 30.9. The molecule has 0 bridgehead atoms. The van der Waals surface area contributed by atoms with Crippen LogP contribution >= 0.6 is 0 Å². The molecule has 3 aromatic rings. The number of allylic oxidation sites excluding steroid dienone is 2. The summed E-state index contributed by atoms with van der Waals surface area (Å²) >= 11 is 0. The highest BCUT2D eigenvalue weighted by atomic mass is 32.2. The molecule has 0 spiro atoms. The maximum absolute atomic E-state index is 13.4. The third-order valence-corrected chi connectivity index (χ3v) is 5.41. The number of para-hydroxylation sites is 1. The van der Waals surface area contributed by atoms with Gasteiger partial charge in [-0.1, -0.05) is 18.2 Å². The summed E-state index contributed by atoms with van der Waals surface area (Å²) in [5.74, 6) is -0.554. The van der Waals surface area contributed by atoms with E-state index >= 15 is 0 Å². The number of aromatic nitrogens is 2. The van der Waals surface area contributed by atoms with Crippen LogP contribution in [-0.2, 0) is 10.0 Å². The molecule has 0 radical (unpaired) electrons. The number of benzene rings is 2. The number of sulfonamides is 1. The van der Waals surface area contributed by atoms with Gasteiger partial charge in [-0.2, -0.15) is 0 Å². The van der Waals surface area contributed by atoms with Crippen molar-refractivity contribution in [3.8, 4) is 17.3 Å². The Balaban J connectivity index is 1.97. The predicted molar refractivity (Wildman–Crippen MR) is 128 cm³/mol. The quantitative estimate of drug-likeness (QED) is 0.600. The van der Waals surface area contributed by atoms with Gasteiger partial charge in [-0.25, -0.2) is 22.3 Å². The number of anilines is 1. The molecular formula is C23H20N4O5S. The first-order valence-electron chi connectivity index (χ1n) is 9.84. The van der Waals surface area contributed by atoms with E-state index in [2.05, 4.69) is 9.71 Å². The molecule has 0 aliphatic carbocycles. The van der Waals surface area contributed by atoms with Gasteiger partial charge in [0.15, 0.2) is 0 Å². The summed E-state index contributed by atoms with van der Waals surface area (Å²) in [7, 11) is -3.48. The van der Waals surface area contributed by atoms with Gasteiger partial charge in [0.05, 0.1) is 23.3 Å². The SMILES string of the molecule is CC1=NC(=Cc2c(O)n(-c3ccc(NS(C)(=O)=O)cc3)c(=O)n(-c3ccccc3)c2=O)C=C1. The average molecular weight is 465 g/mol. The minimum Gasteiger partial charge on any atom is -0.494 e. The molecule has 2 heterocycles. The summed E-state index contributed by atoms with van der Waals surface area (Å²) in [6.07, 6.45) is 5.90. The molecule has 33 heavy (non-hydrogen) atoms. The van der Waals surface area contributed by atoms with Gasteiger partial charge in [-0.3, -0.25) is 14.5 Å². The van der Waals surface area contributed by atoms with E-state index < -0.39 is 27.2 Å². The largest absolute Gasteiger partial charge is 0.494 e. The van der Waals surface area contributed by atoms with E-state index in [4.69, 9.17) is 0 Å². The van der Waals surface area contributed by atoms with E-state index in [1.807, 2.05) is 0 Å². The van der Waals surface area contributed by atoms with Crippen LogP contribution in [0.15, 0.2) is 87.0 Å². The molecular weight excluding hydrogens is 444 g/mol. The van der Waals surface area contributed by atoms with Gasteiger partial charge in [0.1, 0.15) is 5.56 Å². The lowest BCUT2D eigenvalue weighted by Gasteiger charge is -2.15. The standard InChI is InChI=1S/C23H20N4O5S/c1-15-8-9-17(24-15)14-20-21(28)26(18-6-4-3-5-7-18)23(30)27(22(20)29)19-12-10-16(11-13-19)25-33(2,31)32/h3-14,25,29H,1-2H3. The fraction of sp³-hybridized carbons (Fsp3) is 0.0870. The fourth-order valence-electron chi connectivity index (χ4n) is 3.38. The molecule has 0 unspecified atom stereocenters. The molecule has 10 heteroatoms. The summed E-state index contributed by atoms with van der Waals surface area (Å²) in [5.41, 5.74) is 0.458. The lowest BCUT2D eigenvalue weighted by atomic mass is 10.2. The van der Waals surface area contributed by atoms with Crippen molar-refractivity contribution in [2.75, 3.05) is 11.0 Å². The zero-order chi connectivity index (χ0) is 23.8. The van der Waals surface area contributed by atoms with Gasteiger partial charge >= 0.3 is 5.69 Å². The Morgan fingerprint density at radius 1 is 0.939 bits per heavy atom. The van der Waals surface area contributed by atoms with E-state index in [9.17, 15) is 23.1 Å². The second-order valence-corrected chi connectivity index (χ2v) is 9.16. The number of rotatable bonds is 5. The molecule has 2 aromatic carbocycles. The maximum Gasteiger partial charge on any atom is 0.343 e. The first-order valence-corrected chi connectivity index (χ1v) is 11.7. The van der Waals surface area contributed by atoms with Crippen LogP contribution in [0, 0.1) is 0 Å². The highest BCUT2D eigenvalue weighted by Gasteiger charge is 2.20. The van der Waals surface area contributed by atoms with Crippen molar-refractivity contribution in [3.05, 3.63) is 98.8 Å². The molecule has 1 aliphatic rings. The van der Waals surface area contributed by atoms with Crippen LogP contribution in [0.3, 0.4) is 0 Å². The molecule has 4 rings (SSSR count). The lowest BCUT2D eigenvalue weighted by molar-refractivity contribution is 0.426. The first-order chi connectivity index (χ1) is 15.6. The Bertz CT molecular complexity index is 1550. The molecule has 1 aliphatic heterocycles. The highest BCUT2D eigenvalue weighted by Crippen LogP contribution is 2.23. The molecule has 1 aromatic heterocycles. The van der Waals surface area contributed by atoms with Crippen molar-refractivity contribution in [1.82, 2.24) is 9.13 Å². The van der Waals surface area contributed by atoms with E-state index in [0.29, 0.717) is 11.4 Å². The van der Waals surface area contributed by atoms with Crippen LogP contribution in [0.5, 0.6) is 5.88 Å². The van der Waals surface area contributed by atoms with Crippen LogP contribution in [0.25, 0.3) is 17.5 Å². The zero-order valence-corrected chi connectivity index (χ0v) is 18.6. The molecule has 0 amide bonds. The van der Waals surface area contributed by atoms with Crippen LogP contribution < -0.4 is 16.0 Å². The van der Waals surface area contributed by atoms with Crippen LogP contribution in [0.2, 0.25) is 0 Å². The summed E-state index contributed by atoms with van der Waals surface area (Å²) < 4.78 is 27.2. The van der Waals surface area contributed by atoms with Crippen LogP contribution in [0.4, 0.5) is 5.69 Å². The van der Waals surface area contributed by atoms with Gasteiger partial charge in [0.25, 0.3) is 5.56 Å². The number of aromatic hydroxyl groups is 1. The monoisotopic (exact) mass is 464 g/mol. The van der Waals surface area contributed by atoms with E-state index in [1.165, 1.54) is 30.3 Å². The fourth-order valence-corrected chi connectivity index (χ4v) is 3.95. The minimum atomic E-state index is -3.48. The Morgan fingerprint density at radius 2 is 1.58 bits per heavy atom. The molecule has 9 nitrogen and oxygen atoms in total. The van der Waals surface area contributed by atoms with E-state index in [-0.39, 0.29) is 16.9 Å². The summed E-state index contributed by atoms with van der Waals surface area (Å²) in [6, 6.07) is 14.2. The van der Waals surface area contributed by atoms with Crippen molar-refractivity contribution < 1.29 is 13.5 Å². The average Bonchev–Trinajstić information content (AvgIpc) is 3.17. The Kier molecular flexibility index (Phi) is 5.60. The van der Waals surface area contributed by atoms with Crippen molar-refractivity contribution >= 4 is 27.5 Å². The zero-order valence-electron chi connectivity index (χ0n) is 17.8. The lowest BCUT2D eigenvalue weighted by Crippen LogP contribution is -2.39. The Morgan fingerprint density at radius 3 is 2.15 bits per heavy atom. The molecule has 0 saturated carbocycles. The molecule has 168 valence electrons. The summed E-state index contributed by atoms with van der Waals surface area (Å²) in [5, 5.41) is 11.0. The smallest absolute Gasteiger partial charge is 0.343 e. The first kappa shape index (κ1) is 22.0. The molecule has 0 saturated heterocycles. The molecule has 0 atom stereocenters. The van der Waals surface area contributed by atoms with Gasteiger partial charge in [0, 0.05) is 11.4 Å². The van der Waals surface area contributed by atoms with Gasteiger partial charge in [-0.15, -0.1) is 0 Å². The number of nitrogens with zero attached hydrogens (tertiary/aromatic N) is 3. The predicted octanol–water partition coefficient (Wildman–Crippen LogP) is 2.44. The van der Waals surface area contributed by atoms with E-state index in [0.717, 1.165) is 21.1 Å². The third-order valence-electron chi connectivity index (χ3n) is 4.80. The van der Waals surface area contributed by atoms with Crippen molar-refractivity contribution in [2.45, 2.75) is 6.92 Å². The minimum absolute atomic E-state index is 0.116. The topological polar surface area (TPSA) is 123 Å².